The molecule has 6 nitrogen and oxygen atoms in total. The summed E-state index contributed by atoms with van der Waals surface area (Å²) in [5.74, 6) is -0.904. The van der Waals surface area contributed by atoms with Gasteiger partial charge in [0.05, 0.1) is 4.90 Å². The van der Waals surface area contributed by atoms with Gasteiger partial charge in [-0.15, -0.1) is 0 Å². The minimum Gasteiger partial charge on any atom is -0.332 e. The van der Waals surface area contributed by atoms with Crippen molar-refractivity contribution in [2.45, 2.75) is 24.2 Å². The number of thiocarbonyl (C=S) groups is 1. The Morgan fingerprint density at radius 1 is 0.964 bits per heavy atom. The monoisotopic (exact) mass is 421 g/mol. The van der Waals surface area contributed by atoms with Crippen LogP contribution in [0.25, 0.3) is 0 Å². The molecule has 1 aliphatic heterocycles. The summed E-state index contributed by atoms with van der Waals surface area (Å²) >= 11 is 5.10. The van der Waals surface area contributed by atoms with Gasteiger partial charge >= 0.3 is 0 Å². The number of halogens is 1. The van der Waals surface area contributed by atoms with Crippen molar-refractivity contribution in [2.75, 3.05) is 18.4 Å². The summed E-state index contributed by atoms with van der Waals surface area (Å²) in [5, 5.41) is 5.38. The van der Waals surface area contributed by atoms with Gasteiger partial charge in [0.1, 0.15) is 5.82 Å². The van der Waals surface area contributed by atoms with Gasteiger partial charge in [0.25, 0.3) is 5.91 Å². The first-order chi connectivity index (χ1) is 13.4. The van der Waals surface area contributed by atoms with Crippen LogP contribution >= 0.6 is 12.2 Å². The number of rotatable bonds is 4. The molecule has 0 aromatic heterocycles. The van der Waals surface area contributed by atoms with Gasteiger partial charge in [0.2, 0.25) is 10.0 Å². The van der Waals surface area contributed by atoms with Crippen molar-refractivity contribution in [2.24, 2.45) is 0 Å². The molecule has 0 radical (unpaired) electrons. The lowest BCUT2D eigenvalue weighted by Gasteiger charge is -2.25. The highest BCUT2D eigenvalue weighted by Gasteiger charge is 2.25. The summed E-state index contributed by atoms with van der Waals surface area (Å²) < 4.78 is 39.7. The third-order valence-electron chi connectivity index (χ3n) is 4.40. The standard InChI is InChI=1S/C19H20FN3O3S2/c20-15-6-4-14(5-7-15)18(24)22-19(27)21-16-8-10-17(11-9-16)28(25,26)23-12-2-1-3-13-23/h4-11H,1-3,12-13H2,(H2,21,22,24,27). The average Bonchev–Trinajstić information content (AvgIpc) is 2.69. The number of anilines is 1. The van der Waals surface area contributed by atoms with Crippen molar-refractivity contribution >= 4 is 38.9 Å². The van der Waals surface area contributed by atoms with Gasteiger partial charge in [0, 0.05) is 24.3 Å². The van der Waals surface area contributed by atoms with Crippen molar-refractivity contribution in [3.05, 3.63) is 59.9 Å². The minimum atomic E-state index is -3.49. The lowest BCUT2D eigenvalue weighted by molar-refractivity contribution is 0.0977. The summed E-state index contributed by atoms with van der Waals surface area (Å²) in [6.45, 7) is 1.09. The number of amides is 1. The van der Waals surface area contributed by atoms with Crippen molar-refractivity contribution in [1.29, 1.82) is 0 Å². The topological polar surface area (TPSA) is 78.5 Å². The van der Waals surface area contributed by atoms with Gasteiger partial charge in [0.15, 0.2) is 5.11 Å². The molecule has 1 amide bonds. The van der Waals surface area contributed by atoms with Crippen molar-refractivity contribution in [3.8, 4) is 0 Å². The van der Waals surface area contributed by atoms with E-state index >= 15 is 0 Å². The van der Waals surface area contributed by atoms with Crippen LogP contribution in [-0.4, -0.2) is 36.8 Å². The number of hydrogen-bond acceptors (Lipinski definition) is 4. The first-order valence-corrected chi connectivity index (χ1v) is 10.7. The first-order valence-electron chi connectivity index (χ1n) is 8.84. The van der Waals surface area contributed by atoms with Crippen LogP contribution in [0.15, 0.2) is 53.4 Å². The van der Waals surface area contributed by atoms with E-state index in [2.05, 4.69) is 10.6 Å². The Kier molecular flexibility index (Phi) is 6.38. The lowest BCUT2D eigenvalue weighted by Crippen LogP contribution is -2.35. The molecule has 3 rings (SSSR count). The fourth-order valence-corrected chi connectivity index (χ4v) is 4.63. The van der Waals surface area contributed by atoms with Crippen LogP contribution in [-0.2, 0) is 10.0 Å². The Labute approximate surface area is 168 Å². The minimum absolute atomic E-state index is 0.0564. The normalized spacial score (nSPS) is 15.0. The van der Waals surface area contributed by atoms with E-state index in [0.717, 1.165) is 19.3 Å². The molecule has 0 spiro atoms. The van der Waals surface area contributed by atoms with E-state index in [-0.39, 0.29) is 15.6 Å². The van der Waals surface area contributed by atoms with E-state index < -0.39 is 21.7 Å². The second kappa shape index (κ2) is 8.76. The van der Waals surface area contributed by atoms with Crippen LogP contribution < -0.4 is 10.6 Å². The molecule has 28 heavy (non-hydrogen) atoms. The van der Waals surface area contributed by atoms with Gasteiger partial charge < -0.3 is 5.32 Å². The van der Waals surface area contributed by atoms with Crippen LogP contribution in [0.1, 0.15) is 29.6 Å². The zero-order chi connectivity index (χ0) is 20.1. The molecular formula is C19H20FN3O3S2. The molecule has 0 saturated carbocycles. The van der Waals surface area contributed by atoms with E-state index in [1.807, 2.05) is 0 Å². The van der Waals surface area contributed by atoms with Gasteiger partial charge in [-0.25, -0.2) is 12.8 Å². The summed E-state index contributed by atoms with van der Waals surface area (Å²) in [4.78, 5) is 12.3. The zero-order valence-electron chi connectivity index (χ0n) is 15.0. The van der Waals surface area contributed by atoms with E-state index in [9.17, 15) is 17.6 Å². The number of nitrogens with one attached hydrogen (secondary N) is 2. The number of piperidine rings is 1. The number of sulfonamides is 1. The van der Waals surface area contributed by atoms with Gasteiger partial charge in [-0.3, -0.25) is 10.1 Å². The maximum atomic E-state index is 12.9. The maximum Gasteiger partial charge on any atom is 0.257 e. The SMILES string of the molecule is O=C(NC(=S)Nc1ccc(S(=O)(=O)N2CCCCC2)cc1)c1ccc(F)cc1. The van der Waals surface area contributed by atoms with E-state index in [1.54, 1.807) is 12.1 Å². The number of nitrogens with zero attached hydrogens (tertiary/aromatic N) is 1. The number of carbonyl (C=O) groups excluding carboxylic acids is 1. The molecule has 9 heteroatoms. The van der Waals surface area contributed by atoms with Crippen LogP contribution in [0.2, 0.25) is 0 Å². The highest BCUT2D eigenvalue weighted by atomic mass is 32.2. The van der Waals surface area contributed by atoms with Crippen molar-refractivity contribution in [1.82, 2.24) is 9.62 Å². The number of hydrogen-bond donors (Lipinski definition) is 2. The molecule has 1 fully saturated rings. The molecule has 0 atom stereocenters. The molecule has 2 aromatic rings. The van der Waals surface area contributed by atoms with Crippen LogP contribution in [0, 0.1) is 5.82 Å². The van der Waals surface area contributed by atoms with Crippen LogP contribution in [0.5, 0.6) is 0 Å². The molecule has 2 N–H and O–H groups in total. The van der Waals surface area contributed by atoms with Crippen LogP contribution in [0.3, 0.4) is 0 Å². The molecule has 1 saturated heterocycles. The Balaban J connectivity index is 1.61. The Bertz CT molecular complexity index is 955. The molecule has 2 aromatic carbocycles. The number of benzene rings is 2. The fraction of sp³-hybridized carbons (Fsp3) is 0.263. The fourth-order valence-electron chi connectivity index (χ4n) is 2.90. The Hall–Kier alpha value is -2.36. The third kappa shape index (κ3) is 4.92. The van der Waals surface area contributed by atoms with Crippen molar-refractivity contribution in [3.63, 3.8) is 0 Å². The van der Waals surface area contributed by atoms with Gasteiger partial charge in [-0.05, 0) is 73.6 Å². The summed E-state index contributed by atoms with van der Waals surface area (Å²) in [5.41, 5.74) is 0.815. The smallest absolute Gasteiger partial charge is 0.257 e. The van der Waals surface area contributed by atoms with E-state index in [1.165, 1.54) is 40.7 Å². The Morgan fingerprint density at radius 2 is 1.57 bits per heavy atom. The molecule has 0 bridgehead atoms. The second-order valence-corrected chi connectivity index (χ2v) is 8.75. The quantitative estimate of drug-likeness (QED) is 0.742. The molecule has 148 valence electrons. The predicted octanol–water partition coefficient (Wildman–Crippen LogP) is 3.13. The molecule has 1 aliphatic rings. The van der Waals surface area contributed by atoms with Gasteiger partial charge in [-0.1, -0.05) is 6.42 Å². The van der Waals surface area contributed by atoms with Crippen LogP contribution in [0.4, 0.5) is 10.1 Å². The predicted molar refractivity (Wildman–Crippen MR) is 109 cm³/mol. The van der Waals surface area contributed by atoms with E-state index in [4.69, 9.17) is 12.2 Å². The molecule has 1 heterocycles. The summed E-state index contributed by atoms with van der Waals surface area (Å²) in [7, 11) is -3.49. The average molecular weight is 422 g/mol. The highest BCUT2D eigenvalue weighted by Crippen LogP contribution is 2.22. The lowest BCUT2D eigenvalue weighted by atomic mass is 10.2. The largest absolute Gasteiger partial charge is 0.332 e. The van der Waals surface area contributed by atoms with E-state index in [0.29, 0.717) is 18.8 Å². The number of carbonyl (C=O) groups is 1. The Morgan fingerprint density at radius 3 is 2.18 bits per heavy atom. The summed E-state index contributed by atoms with van der Waals surface area (Å²) in [6.07, 6.45) is 2.80. The maximum absolute atomic E-state index is 12.9. The van der Waals surface area contributed by atoms with Crippen molar-refractivity contribution < 1.29 is 17.6 Å². The molecule has 0 unspecified atom stereocenters. The second-order valence-electron chi connectivity index (χ2n) is 6.40. The molecule has 0 aliphatic carbocycles. The third-order valence-corrected chi connectivity index (χ3v) is 6.52. The zero-order valence-corrected chi connectivity index (χ0v) is 16.7. The molecular weight excluding hydrogens is 401 g/mol. The first kappa shape index (κ1) is 20.4. The van der Waals surface area contributed by atoms with Gasteiger partial charge in [-0.2, -0.15) is 4.31 Å². The highest BCUT2D eigenvalue weighted by molar-refractivity contribution is 7.89. The summed E-state index contributed by atoms with van der Waals surface area (Å²) in [6, 6.07) is 11.3.